The average Bonchev–Trinajstić information content (AvgIpc) is 2.98. The topological polar surface area (TPSA) is 64.2 Å². The number of nitrogens with two attached hydrogens (primary N) is 1. The molecule has 0 saturated carbocycles. The van der Waals surface area contributed by atoms with Crippen molar-refractivity contribution in [2.45, 2.75) is 18.9 Å². The predicted octanol–water partition coefficient (Wildman–Crippen LogP) is 1.86. The van der Waals surface area contributed by atoms with Gasteiger partial charge in [-0.2, -0.15) is 5.10 Å². The molecule has 3 rings (SSSR count). The zero-order valence-electron chi connectivity index (χ0n) is 11.7. The number of hydrogen-bond acceptors (Lipinski definition) is 3. The minimum absolute atomic E-state index is 0. The van der Waals surface area contributed by atoms with Crippen molar-refractivity contribution in [2.75, 3.05) is 13.1 Å². The van der Waals surface area contributed by atoms with E-state index in [1.165, 1.54) is 0 Å². The maximum absolute atomic E-state index is 12.4. The van der Waals surface area contributed by atoms with Gasteiger partial charge in [-0.1, -0.05) is 18.2 Å². The lowest BCUT2D eigenvalue weighted by molar-refractivity contribution is 0.0708. The van der Waals surface area contributed by atoms with Crippen LogP contribution >= 0.6 is 12.4 Å². The van der Waals surface area contributed by atoms with Crippen LogP contribution in [-0.4, -0.2) is 39.7 Å². The van der Waals surface area contributed by atoms with Crippen molar-refractivity contribution in [3.05, 3.63) is 48.3 Å². The molecule has 1 saturated heterocycles. The Bertz CT molecular complexity index is 591. The lowest BCUT2D eigenvalue weighted by Gasteiger charge is -2.29. The first kappa shape index (κ1) is 15.5. The summed E-state index contributed by atoms with van der Waals surface area (Å²) in [6.45, 7) is 1.44. The van der Waals surface area contributed by atoms with E-state index < -0.39 is 0 Å². The number of rotatable bonds is 2. The number of carbonyl (C=O) groups excluding carboxylic acids is 1. The third-order valence-electron chi connectivity index (χ3n) is 3.66. The van der Waals surface area contributed by atoms with Crippen LogP contribution in [0.25, 0.3) is 5.69 Å². The molecule has 21 heavy (non-hydrogen) atoms. The van der Waals surface area contributed by atoms with Gasteiger partial charge in [-0.15, -0.1) is 12.4 Å². The van der Waals surface area contributed by atoms with Crippen molar-refractivity contribution in [3.63, 3.8) is 0 Å². The van der Waals surface area contributed by atoms with Gasteiger partial charge in [0.15, 0.2) is 5.69 Å². The molecule has 1 aliphatic rings. The fourth-order valence-electron chi connectivity index (χ4n) is 2.43. The van der Waals surface area contributed by atoms with E-state index in [1.807, 2.05) is 41.4 Å². The van der Waals surface area contributed by atoms with Crippen molar-refractivity contribution in [2.24, 2.45) is 5.73 Å². The SMILES string of the molecule is Cl.NC1CCN(C(=O)c2ccn(-c3ccccc3)n2)CC1. The highest BCUT2D eigenvalue weighted by atomic mass is 35.5. The summed E-state index contributed by atoms with van der Waals surface area (Å²) in [7, 11) is 0. The number of aromatic nitrogens is 2. The minimum atomic E-state index is -0.00780. The number of halogens is 1. The molecule has 0 bridgehead atoms. The summed E-state index contributed by atoms with van der Waals surface area (Å²) in [5, 5.41) is 4.37. The predicted molar refractivity (Wildman–Crippen MR) is 83.9 cm³/mol. The Labute approximate surface area is 130 Å². The quantitative estimate of drug-likeness (QED) is 0.921. The monoisotopic (exact) mass is 306 g/mol. The van der Waals surface area contributed by atoms with E-state index in [1.54, 1.807) is 10.7 Å². The van der Waals surface area contributed by atoms with Crippen LogP contribution < -0.4 is 5.73 Å². The van der Waals surface area contributed by atoms with Crippen molar-refractivity contribution in [3.8, 4) is 5.69 Å². The lowest BCUT2D eigenvalue weighted by atomic mass is 10.1. The summed E-state index contributed by atoms with van der Waals surface area (Å²) in [6, 6.07) is 11.8. The fourth-order valence-corrected chi connectivity index (χ4v) is 2.43. The third-order valence-corrected chi connectivity index (χ3v) is 3.66. The lowest BCUT2D eigenvalue weighted by Crippen LogP contribution is -2.43. The second-order valence-corrected chi connectivity index (χ2v) is 5.11. The van der Waals surface area contributed by atoms with Gasteiger partial charge in [0.25, 0.3) is 5.91 Å². The van der Waals surface area contributed by atoms with Crippen LogP contribution in [0.2, 0.25) is 0 Å². The number of amides is 1. The molecule has 0 aliphatic carbocycles. The first-order valence-electron chi connectivity index (χ1n) is 6.90. The number of hydrogen-bond donors (Lipinski definition) is 1. The Morgan fingerprint density at radius 3 is 2.48 bits per heavy atom. The van der Waals surface area contributed by atoms with Crippen molar-refractivity contribution >= 4 is 18.3 Å². The summed E-state index contributed by atoms with van der Waals surface area (Å²) in [5.41, 5.74) is 7.30. The van der Waals surface area contributed by atoms with Gasteiger partial charge in [0.05, 0.1) is 5.69 Å². The number of piperidine rings is 1. The molecule has 2 heterocycles. The standard InChI is InChI=1S/C15H18N4O.ClH/c16-12-6-9-18(10-7-12)15(20)14-8-11-19(17-14)13-4-2-1-3-5-13;/h1-5,8,11-12H,6-7,9-10,16H2;1H. The molecule has 1 aromatic carbocycles. The highest BCUT2D eigenvalue weighted by Crippen LogP contribution is 2.13. The molecule has 1 aliphatic heterocycles. The Morgan fingerprint density at radius 1 is 1.14 bits per heavy atom. The highest BCUT2D eigenvalue weighted by molar-refractivity contribution is 5.92. The summed E-state index contributed by atoms with van der Waals surface area (Å²) in [5.74, 6) is -0.00780. The first-order valence-corrected chi connectivity index (χ1v) is 6.90. The van der Waals surface area contributed by atoms with Crippen LogP contribution in [0.4, 0.5) is 0 Å². The molecule has 0 spiro atoms. The number of nitrogens with zero attached hydrogens (tertiary/aromatic N) is 3. The second-order valence-electron chi connectivity index (χ2n) is 5.11. The van der Waals surface area contributed by atoms with E-state index in [0.717, 1.165) is 31.6 Å². The molecular formula is C15H19ClN4O. The van der Waals surface area contributed by atoms with Gasteiger partial charge in [0.2, 0.25) is 0 Å². The van der Waals surface area contributed by atoms with Crippen LogP contribution in [-0.2, 0) is 0 Å². The molecule has 5 nitrogen and oxygen atoms in total. The van der Waals surface area contributed by atoms with Crippen LogP contribution in [0.3, 0.4) is 0 Å². The number of para-hydroxylation sites is 1. The molecule has 2 N–H and O–H groups in total. The molecule has 1 amide bonds. The van der Waals surface area contributed by atoms with E-state index in [-0.39, 0.29) is 24.4 Å². The number of likely N-dealkylation sites (tertiary alicyclic amines) is 1. The van der Waals surface area contributed by atoms with E-state index in [9.17, 15) is 4.79 Å². The Morgan fingerprint density at radius 2 is 1.81 bits per heavy atom. The fraction of sp³-hybridized carbons (Fsp3) is 0.333. The summed E-state index contributed by atoms with van der Waals surface area (Å²) in [4.78, 5) is 14.2. The third kappa shape index (κ3) is 3.43. The van der Waals surface area contributed by atoms with Gasteiger partial charge in [0, 0.05) is 25.3 Å². The Balaban J connectivity index is 0.00000161. The van der Waals surface area contributed by atoms with Gasteiger partial charge in [-0.3, -0.25) is 4.79 Å². The normalized spacial score (nSPS) is 15.6. The van der Waals surface area contributed by atoms with Crippen LogP contribution in [0, 0.1) is 0 Å². The van der Waals surface area contributed by atoms with Gasteiger partial charge >= 0.3 is 0 Å². The summed E-state index contributed by atoms with van der Waals surface area (Å²) >= 11 is 0. The molecule has 2 aromatic rings. The summed E-state index contributed by atoms with van der Waals surface area (Å²) in [6.07, 6.45) is 3.55. The van der Waals surface area contributed by atoms with Gasteiger partial charge in [0.1, 0.15) is 0 Å². The largest absolute Gasteiger partial charge is 0.337 e. The maximum atomic E-state index is 12.4. The average molecular weight is 307 g/mol. The zero-order valence-corrected chi connectivity index (χ0v) is 12.5. The van der Waals surface area contributed by atoms with Crippen LogP contribution in [0.1, 0.15) is 23.3 Å². The zero-order chi connectivity index (χ0) is 13.9. The molecule has 1 aromatic heterocycles. The van der Waals surface area contributed by atoms with Gasteiger partial charge in [-0.05, 0) is 31.0 Å². The number of benzene rings is 1. The molecule has 0 unspecified atom stereocenters. The molecular weight excluding hydrogens is 288 g/mol. The van der Waals surface area contributed by atoms with Crippen molar-refractivity contribution in [1.29, 1.82) is 0 Å². The molecule has 0 radical (unpaired) electrons. The van der Waals surface area contributed by atoms with Crippen LogP contribution in [0.5, 0.6) is 0 Å². The summed E-state index contributed by atoms with van der Waals surface area (Å²) < 4.78 is 1.73. The van der Waals surface area contributed by atoms with E-state index in [4.69, 9.17) is 5.73 Å². The van der Waals surface area contributed by atoms with Crippen molar-refractivity contribution in [1.82, 2.24) is 14.7 Å². The molecule has 1 fully saturated rings. The Hall–Kier alpha value is -1.85. The van der Waals surface area contributed by atoms with Gasteiger partial charge < -0.3 is 10.6 Å². The second kappa shape index (κ2) is 6.74. The Kier molecular flexibility index (Phi) is 4.98. The van der Waals surface area contributed by atoms with E-state index in [0.29, 0.717) is 5.69 Å². The smallest absolute Gasteiger partial charge is 0.274 e. The van der Waals surface area contributed by atoms with E-state index >= 15 is 0 Å². The first-order chi connectivity index (χ1) is 9.74. The molecule has 112 valence electrons. The number of carbonyl (C=O) groups is 1. The maximum Gasteiger partial charge on any atom is 0.274 e. The molecule has 0 atom stereocenters. The highest BCUT2D eigenvalue weighted by Gasteiger charge is 2.23. The van der Waals surface area contributed by atoms with E-state index in [2.05, 4.69) is 5.10 Å². The van der Waals surface area contributed by atoms with Gasteiger partial charge in [-0.25, -0.2) is 4.68 Å². The molecule has 6 heteroatoms. The minimum Gasteiger partial charge on any atom is -0.337 e. The van der Waals surface area contributed by atoms with Crippen LogP contribution in [0.15, 0.2) is 42.6 Å². The van der Waals surface area contributed by atoms with Crippen molar-refractivity contribution < 1.29 is 4.79 Å².